The summed E-state index contributed by atoms with van der Waals surface area (Å²) >= 11 is 0. The van der Waals surface area contributed by atoms with Crippen LogP contribution in [0.3, 0.4) is 0 Å². The van der Waals surface area contributed by atoms with Crippen molar-refractivity contribution in [1.82, 2.24) is 14.5 Å². The Kier molecular flexibility index (Phi) is 4.57. The first kappa shape index (κ1) is 14.7. The van der Waals surface area contributed by atoms with Gasteiger partial charge in [0.05, 0.1) is 11.4 Å². The number of hydrogen-bond donors (Lipinski definition) is 1. The fraction of sp³-hybridized carbons (Fsp3) is 0.357. The highest BCUT2D eigenvalue weighted by Gasteiger charge is 2.13. The summed E-state index contributed by atoms with van der Waals surface area (Å²) in [7, 11) is -3.33. The number of nitrogens with one attached hydrogen (secondary N) is 1. The van der Waals surface area contributed by atoms with Gasteiger partial charge in [-0.1, -0.05) is 30.3 Å². The predicted octanol–water partition coefficient (Wildman–Crippen LogP) is 1.83. The molecule has 0 amide bonds. The van der Waals surface area contributed by atoms with E-state index in [0.29, 0.717) is 0 Å². The molecule has 2 aromatic rings. The number of benzene rings is 1. The van der Waals surface area contributed by atoms with Gasteiger partial charge in [0.25, 0.3) is 0 Å². The zero-order valence-corrected chi connectivity index (χ0v) is 12.5. The Bertz CT molecular complexity index is 663. The Morgan fingerprint density at radius 1 is 1.25 bits per heavy atom. The van der Waals surface area contributed by atoms with Crippen LogP contribution < -0.4 is 4.72 Å². The molecule has 1 heterocycles. The monoisotopic (exact) mass is 293 g/mol. The minimum absolute atomic E-state index is 0.00516. The van der Waals surface area contributed by atoms with E-state index >= 15 is 0 Å². The van der Waals surface area contributed by atoms with Crippen molar-refractivity contribution in [3.05, 3.63) is 53.3 Å². The molecule has 0 fully saturated rings. The highest BCUT2D eigenvalue weighted by molar-refractivity contribution is 7.88. The Labute approximate surface area is 119 Å². The minimum atomic E-state index is -3.33. The molecule has 0 radical (unpaired) electrons. The lowest BCUT2D eigenvalue weighted by atomic mass is 10.2. The number of sulfonamides is 1. The lowest BCUT2D eigenvalue weighted by Crippen LogP contribution is -2.24. The van der Waals surface area contributed by atoms with E-state index in [1.165, 1.54) is 0 Å². The second kappa shape index (κ2) is 6.19. The summed E-state index contributed by atoms with van der Waals surface area (Å²) in [6.45, 7) is 4.93. The summed E-state index contributed by atoms with van der Waals surface area (Å²) in [4.78, 5) is 0. The molecule has 1 N–H and O–H groups in total. The third-order valence-corrected chi connectivity index (χ3v) is 4.35. The highest BCUT2D eigenvalue weighted by atomic mass is 32.2. The fourth-order valence-electron chi connectivity index (χ4n) is 1.93. The van der Waals surface area contributed by atoms with E-state index in [1.807, 2.05) is 38.2 Å². The topological polar surface area (TPSA) is 64.0 Å². The summed E-state index contributed by atoms with van der Waals surface area (Å²) in [6, 6.07) is 9.14. The van der Waals surface area contributed by atoms with Crippen molar-refractivity contribution in [1.29, 1.82) is 0 Å². The number of aryl methyl sites for hydroxylation is 2. The normalized spacial score (nSPS) is 11.7. The van der Waals surface area contributed by atoms with Gasteiger partial charge in [0.15, 0.2) is 0 Å². The number of hydrogen-bond acceptors (Lipinski definition) is 3. The molecule has 20 heavy (non-hydrogen) atoms. The van der Waals surface area contributed by atoms with Gasteiger partial charge in [-0.15, -0.1) is 0 Å². The van der Waals surface area contributed by atoms with Crippen LogP contribution in [0.15, 0.2) is 36.5 Å². The average molecular weight is 293 g/mol. The Balaban J connectivity index is 2.00. The van der Waals surface area contributed by atoms with Crippen LogP contribution in [0.4, 0.5) is 0 Å². The molecular weight excluding hydrogens is 274 g/mol. The molecule has 2 rings (SSSR count). The molecule has 1 aromatic heterocycles. The van der Waals surface area contributed by atoms with Crippen molar-refractivity contribution in [2.24, 2.45) is 0 Å². The Hall–Kier alpha value is -1.66. The van der Waals surface area contributed by atoms with Crippen LogP contribution >= 0.6 is 0 Å². The van der Waals surface area contributed by atoms with Crippen LogP contribution in [0, 0.1) is 6.92 Å². The molecule has 0 atom stereocenters. The van der Waals surface area contributed by atoms with Crippen molar-refractivity contribution in [2.45, 2.75) is 32.7 Å². The van der Waals surface area contributed by atoms with Crippen molar-refractivity contribution in [3.63, 3.8) is 0 Å². The van der Waals surface area contributed by atoms with Crippen LogP contribution in [-0.2, 0) is 28.9 Å². The lowest BCUT2D eigenvalue weighted by Gasteiger charge is -2.06. The van der Waals surface area contributed by atoms with Crippen LogP contribution in [0.5, 0.6) is 0 Å². The molecule has 5 nitrogen and oxygen atoms in total. The van der Waals surface area contributed by atoms with E-state index in [-0.39, 0.29) is 12.3 Å². The minimum Gasteiger partial charge on any atom is -0.272 e. The molecule has 1 aromatic carbocycles. The second-order valence-corrected chi connectivity index (χ2v) is 6.47. The van der Waals surface area contributed by atoms with Gasteiger partial charge in [0.2, 0.25) is 10.0 Å². The van der Waals surface area contributed by atoms with E-state index in [9.17, 15) is 8.42 Å². The number of rotatable bonds is 6. The quantitative estimate of drug-likeness (QED) is 0.883. The zero-order valence-electron chi connectivity index (χ0n) is 11.7. The van der Waals surface area contributed by atoms with Crippen molar-refractivity contribution in [3.8, 4) is 0 Å². The van der Waals surface area contributed by atoms with E-state index in [4.69, 9.17) is 0 Å². The van der Waals surface area contributed by atoms with E-state index in [1.54, 1.807) is 16.8 Å². The highest BCUT2D eigenvalue weighted by Crippen LogP contribution is 2.08. The Morgan fingerprint density at radius 3 is 2.55 bits per heavy atom. The van der Waals surface area contributed by atoms with E-state index in [2.05, 4.69) is 9.82 Å². The van der Waals surface area contributed by atoms with Gasteiger partial charge < -0.3 is 0 Å². The van der Waals surface area contributed by atoms with E-state index in [0.717, 1.165) is 23.4 Å². The number of nitrogens with zero attached hydrogens (tertiary/aromatic N) is 2. The fourth-order valence-corrected chi connectivity index (χ4v) is 3.04. The standard InChI is InChI=1S/C14H19N3O2S/c1-3-17-10-14(12(2)16-17)9-15-20(18,19)11-13-7-5-4-6-8-13/h4-8,10,15H,3,9,11H2,1-2H3. The molecule has 0 bridgehead atoms. The van der Waals surface area contributed by atoms with Crippen LogP contribution in [-0.4, -0.2) is 18.2 Å². The van der Waals surface area contributed by atoms with Crippen LogP contribution in [0.2, 0.25) is 0 Å². The average Bonchev–Trinajstić information content (AvgIpc) is 2.78. The summed E-state index contributed by atoms with van der Waals surface area (Å²) in [5, 5.41) is 4.30. The van der Waals surface area contributed by atoms with Crippen LogP contribution in [0.1, 0.15) is 23.7 Å². The first-order valence-electron chi connectivity index (χ1n) is 6.54. The molecule has 0 saturated carbocycles. The summed E-state index contributed by atoms with van der Waals surface area (Å²) in [5.41, 5.74) is 2.54. The van der Waals surface area contributed by atoms with Crippen molar-refractivity contribution in [2.75, 3.05) is 0 Å². The first-order chi connectivity index (χ1) is 9.50. The molecule has 0 aliphatic heterocycles. The summed E-state index contributed by atoms with van der Waals surface area (Å²) in [6.07, 6.45) is 1.88. The maximum atomic E-state index is 12.0. The van der Waals surface area contributed by atoms with Gasteiger partial charge >= 0.3 is 0 Å². The third-order valence-electron chi connectivity index (χ3n) is 3.05. The molecule has 6 heteroatoms. The molecular formula is C14H19N3O2S. The van der Waals surface area contributed by atoms with E-state index < -0.39 is 10.0 Å². The zero-order chi connectivity index (χ0) is 14.6. The smallest absolute Gasteiger partial charge is 0.216 e. The Morgan fingerprint density at radius 2 is 1.95 bits per heavy atom. The molecule has 0 aliphatic rings. The molecule has 0 unspecified atom stereocenters. The van der Waals surface area contributed by atoms with Crippen LogP contribution in [0.25, 0.3) is 0 Å². The van der Waals surface area contributed by atoms with Gasteiger partial charge in [-0.05, 0) is 19.4 Å². The molecule has 0 saturated heterocycles. The van der Waals surface area contributed by atoms with Gasteiger partial charge in [-0.3, -0.25) is 4.68 Å². The molecule has 108 valence electrons. The molecule has 0 spiro atoms. The number of aromatic nitrogens is 2. The maximum absolute atomic E-state index is 12.0. The SMILES string of the molecule is CCn1cc(CNS(=O)(=O)Cc2ccccc2)c(C)n1. The third kappa shape index (κ3) is 3.91. The van der Waals surface area contributed by atoms with Gasteiger partial charge in [0.1, 0.15) is 0 Å². The van der Waals surface area contributed by atoms with Gasteiger partial charge in [-0.2, -0.15) is 5.10 Å². The lowest BCUT2D eigenvalue weighted by molar-refractivity contribution is 0.580. The van der Waals surface area contributed by atoms with Crippen molar-refractivity contribution < 1.29 is 8.42 Å². The van der Waals surface area contributed by atoms with Gasteiger partial charge in [-0.25, -0.2) is 13.1 Å². The summed E-state index contributed by atoms with van der Waals surface area (Å²) in [5.74, 6) is -0.00516. The van der Waals surface area contributed by atoms with Crippen molar-refractivity contribution >= 4 is 10.0 Å². The summed E-state index contributed by atoms with van der Waals surface area (Å²) < 4.78 is 28.5. The largest absolute Gasteiger partial charge is 0.272 e. The van der Waals surface area contributed by atoms with Gasteiger partial charge in [0, 0.05) is 24.8 Å². The first-order valence-corrected chi connectivity index (χ1v) is 8.19. The predicted molar refractivity (Wildman–Crippen MR) is 78.5 cm³/mol. The molecule has 0 aliphatic carbocycles. The maximum Gasteiger partial charge on any atom is 0.216 e. The second-order valence-electron chi connectivity index (χ2n) is 4.66.